The maximum absolute atomic E-state index is 10.8. The van der Waals surface area contributed by atoms with Crippen LogP contribution in [0.1, 0.15) is 27.7 Å². The van der Waals surface area contributed by atoms with Gasteiger partial charge in [-0.05, 0) is 0 Å². The predicted molar refractivity (Wildman–Crippen MR) is 65.5 cm³/mol. The summed E-state index contributed by atoms with van der Waals surface area (Å²) in [6.45, 7) is 3.97. The third kappa shape index (κ3) is 14.7. The summed E-state index contributed by atoms with van der Waals surface area (Å²) in [5, 5.41) is 1.15. The van der Waals surface area contributed by atoms with Crippen LogP contribution in [0.3, 0.4) is 0 Å². The van der Waals surface area contributed by atoms with Crippen molar-refractivity contribution >= 4 is 23.9 Å². The molecule has 0 aromatic heterocycles. The van der Waals surface area contributed by atoms with Crippen molar-refractivity contribution in [3.63, 3.8) is 0 Å². The molecule has 22 heavy (non-hydrogen) atoms. The van der Waals surface area contributed by atoms with Gasteiger partial charge in [-0.25, -0.2) is 0 Å². The fraction of sp³-hybridized carbons (Fsp3) is 0.600. The number of hydrogen-bond acceptors (Lipinski definition) is 11. The molecule has 0 radical (unpaired) electrons. The van der Waals surface area contributed by atoms with Crippen LogP contribution in [0.4, 0.5) is 0 Å². The minimum Gasteiger partial charge on any atom is -0.344 e. The van der Waals surface area contributed by atoms with Crippen LogP contribution in [-0.2, 0) is 55.6 Å². The van der Waals surface area contributed by atoms with E-state index >= 15 is 0 Å². The molecule has 0 saturated heterocycles. The van der Waals surface area contributed by atoms with E-state index in [1.54, 1.807) is 0 Å². The first-order valence-electron chi connectivity index (χ1n) is 5.50. The van der Waals surface area contributed by atoms with Gasteiger partial charge in [-0.3, -0.25) is 19.2 Å². The molecule has 0 rings (SSSR count). The molecule has 3 N–H and O–H groups in total. The Morgan fingerprint density at radius 1 is 0.636 bits per heavy atom. The molecule has 0 aliphatic rings. The molecule has 0 aliphatic heterocycles. The van der Waals surface area contributed by atoms with Gasteiger partial charge in [0, 0.05) is 55.2 Å². The molecule has 0 aromatic rings. The second-order valence-corrected chi connectivity index (χ2v) is 3.44. The summed E-state index contributed by atoms with van der Waals surface area (Å²) >= 11 is 0. The zero-order valence-corrected chi connectivity index (χ0v) is 13.7. The van der Waals surface area contributed by atoms with Gasteiger partial charge in [0.25, 0.3) is 0 Å². The van der Waals surface area contributed by atoms with Gasteiger partial charge in [-0.2, -0.15) is 0 Å². The van der Waals surface area contributed by atoms with E-state index in [2.05, 4.69) is 19.4 Å². The van der Waals surface area contributed by atoms with Crippen LogP contribution in [0.5, 0.6) is 0 Å². The van der Waals surface area contributed by atoms with Gasteiger partial charge in [0.1, 0.15) is 0 Å². The Morgan fingerprint density at radius 2 is 0.818 bits per heavy atom. The third-order valence-corrected chi connectivity index (χ3v) is 1.39. The van der Waals surface area contributed by atoms with Gasteiger partial charge in [0.2, 0.25) is 0 Å². The average molecular weight is 365 g/mol. The van der Waals surface area contributed by atoms with E-state index in [-0.39, 0.29) is 36.3 Å². The fourth-order valence-corrected chi connectivity index (χ4v) is 0.957. The summed E-state index contributed by atoms with van der Waals surface area (Å²) in [7, 11) is 0. The predicted octanol–water partition coefficient (Wildman–Crippen LogP) is -0.338. The molecule has 0 fully saturated rings. The Labute approximate surface area is 137 Å². The van der Waals surface area contributed by atoms with Crippen molar-refractivity contribution in [2.45, 2.75) is 27.7 Å². The standard InChI is InChI=1S/C10H16N2O8.Fe.H3N/c1-7(13)17-11(18-8(2)14)5-6-12(19-9(3)15)20-10(4)16;;/h5-6H2,1-4H3;;1H3. The van der Waals surface area contributed by atoms with Crippen molar-refractivity contribution < 1.29 is 55.6 Å². The van der Waals surface area contributed by atoms with E-state index in [0.717, 1.165) is 27.7 Å². The Morgan fingerprint density at radius 3 is 0.955 bits per heavy atom. The van der Waals surface area contributed by atoms with Crippen LogP contribution in [-0.4, -0.2) is 47.4 Å². The molecule has 12 heteroatoms. The quantitative estimate of drug-likeness (QED) is 0.467. The molecule has 130 valence electrons. The van der Waals surface area contributed by atoms with Gasteiger partial charge >= 0.3 is 23.9 Å². The Bertz CT molecular complexity index is 324. The summed E-state index contributed by atoms with van der Waals surface area (Å²) in [4.78, 5) is 61.4. The molecule has 0 aliphatic carbocycles. The van der Waals surface area contributed by atoms with Crippen molar-refractivity contribution in [3.05, 3.63) is 0 Å². The van der Waals surface area contributed by atoms with Gasteiger partial charge in [-0.1, -0.05) is 0 Å². The summed E-state index contributed by atoms with van der Waals surface area (Å²) in [5.74, 6) is -2.90. The third-order valence-electron chi connectivity index (χ3n) is 1.39. The normalized spacial score (nSPS) is 9.18. The fourth-order valence-electron chi connectivity index (χ4n) is 0.957. The van der Waals surface area contributed by atoms with Crippen molar-refractivity contribution in [2.75, 3.05) is 13.1 Å². The van der Waals surface area contributed by atoms with Gasteiger partial charge in [-0.15, -0.1) is 0 Å². The van der Waals surface area contributed by atoms with E-state index in [9.17, 15) is 19.2 Å². The SMILES string of the molecule is CC(=O)ON(CCN(OC(C)=O)OC(C)=O)OC(C)=O.N.[Fe]. The van der Waals surface area contributed by atoms with Crippen LogP contribution in [0.2, 0.25) is 0 Å². The van der Waals surface area contributed by atoms with Crippen molar-refractivity contribution in [1.29, 1.82) is 0 Å². The Kier molecular flexibility index (Phi) is 14.9. The smallest absolute Gasteiger partial charge is 0.326 e. The minimum atomic E-state index is -0.724. The second kappa shape index (κ2) is 13.0. The van der Waals surface area contributed by atoms with Crippen molar-refractivity contribution in [3.8, 4) is 0 Å². The molecule has 0 unspecified atom stereocenters. The van der Waals surface area contributed by atoms with Crippen LogP contribution in [0.15, 0.2) is 0 Å². The number of hydrogen-bond donors (Lipinski definition) is 1. The topological polar surface area (TPSA) is 147 Å². The maximum atomic E-state index is 10.8. The monoisotopic (exact) mass is 365 g/mol. The summed E-state index contributed by atoms with van der Waals surface area (Å²) in [5.41, 5.74) is 0. The molecule has 0 saturated carbocycles. The van der Waals surface area contributed by atoms with Crippen molar-refractivity contribution in [2.24, 2.45) is 0 Å². The molecule has 0 heterocycles. The molecular weight excluding hydrogens is 346 g/mol. The van der Waals surface area contributed by atoms with E-state index in [0.29, 0.717) is 10.5 Å². The molecule has 0 atom stereocenters. The van der Waals surface area contributed by atoms with Crippen molar-refractivity contribution in [1.82, 2.24) is 16.6 Å². The molecule has 0 amide bonds. The van der Waals surface area contributed by atoms with Gasteiger partial charge < -0.3 is 25.5 Å². The first-order valence-corrected chi connectivity index (χ1v) is 5.50. The Hall–Kier alpha value is -1.72. The minimum absolute atomic E-state index is 0. The average Bonchev–Trinajstić information content (AvgIpc) is 2.22. The zero-order chi connectivity index (χ0) is 15.7. The number of nitrogens with zero attached hydrogens (tertiary/aromatic N) is 2. The maximum Gasteiger partial charge on any atom is 0.326 e. The van der Waals surface area contributed by atoms with E-state index < -0.39 is 23.9 Å². The van der Waals surface area contributed by atoms with Gasteiger partial charge in [0.15, 0.2) is 0 Å². The molecule has 0 spiro atoms. The molecule has 11 nitrogen and oxygen atoms in total. The molecular formula is C10H19FeN3O8. The van der Waals surface area contributed by atoms with Crippen LogP contribution >= 0.6 is 0 Å². The summed E-state index contributed by atoms with van der Waals surface area (Å²) in [6, 6.07) is 0. The second-order valence-electron chi connectivity index (χ2n) is 3.44. The molecule has 0 aromatic carbocycles. The number of rotatable bonds is 7. The largest absolute Gasteiger partial charge is 0.344 e. The number of hydroxylamine groups is 4. The number of carbonyl (C=O) groups is 4. The van der Waals surface area contributed by atoms with E-state index in [1.807, 2.05) is 0 Å². The first-order chi connectivity index (χ1) is 9.20. The first kappa shape index (κ1) is 25.2. The Balaban J connectivity index is -0.00000180. The molecule has 0 bridgehead atoms. The van der Waals surface area contributed by atoms with E-state index in [1.165, 1.54) is 0 Å². The van der Waals surface area contributed by atoms with Crippen LogP contribution in [0.25, 0.3) is 0 Å². The van der Waals surface area contributed by atoms with Gasteiger partial charge in [0.05, 0.1) is 13.1 Å². The van der Waals surface area contributed by atoms with E-state index in [4.69, 9.17) is 0 Å². The van der Waals surface area contributed by atoms with Crippen LogP contribution < -0.4 is 6.15 Å². The van der Waals surface area contributed by atoms with Crippen LogP contribution in [0, 0.1) is 0 Å². The zero-order valence-electron chi connectivity index (χ0n) is 12.6. The summed E-state index contributed by atoms with van der Waals surface area (Å²) < 4.78 is 0. The number of carbonyl (C=O) groups excluding carboxylic acids is 4. The summed E-state index contributed by atoms with van der Waals surface area (Å²) in [6.07, 6.45) is 0.